The van der Waals surface area contributed by atoms with Crippen LogP contribution in [0.3, 0.4) is 0 Å². The van der Waals surface area contributed by atoms with Crippen LogP contribution in [0.15, 0.2) is 18.2 Å². The smallest absolute Gasteiger partial charge is 0.270 e. The minimum Gasteiger partial charge on any atom is -0.371 e. The fourth-order valence-corrected chi connectivity index (χ4v) is 3.94. The zero-order chi connectivity index (χ0) is 19.7. The van der Waals surface area contributed by atoms with Crippen molar-refractivity contribution < 1.29 is 9.72 Å². The summed E-state index contributed by atoms with van der Waals surface area (Å²) in [6.07, 6.45) is 4.03. The number of benzene rings is 1. The van der Waals surface area contributed by atoms with Crippen molar-refractivity contribution in [1.82, 2.24) is 20.1 Å². The Hall–Kier alpha value is -2.97. The Morgan fingerprint density at radius 1 is 1.29 bits per heavy atom. The summed E-state index contributed by atoms with van der Waals surface area (Å²) in [5, 5.41) is 22.4. The lowest BCUT2D eigenvalue weighted by Gasteiger charge is -2.33. The van der Waals surface area contributed by atoms with Crippen molar-refractivity contribution in [2.75, 3.05) is 18.0 Å². The van der Waals surface area contributed by atoms with Gasteiger partial charge in [0.05, 0.1) is 22.7 Å². The van der Waals surface area contributed by atoms with Crippen LogP contribution >= 0.6 is 0 Å². The Morgan fingerprint density at radius 3 is 2.82 bits per heavy atom. The fourth-order valence-electron chi connectivity index (χ4n) is 3.94. The van der Waals surface area contributed by atoms with E-state index in [1.54, 1.807) is 6.07 Å². The summed E-state index contributed by atoms with van der Waals surface area (Å²) in [7, 11) is 0. The lowest BCUT2D eigenvalue weighted by molar-refractivity contribution is -0.384. The van der Waals surface area contributed by atoms with Crippen molar-refractivity contribution in [3.63, 3.8) is 0 Å². The zero-order valence-electron chi connectivity index (χ0n) is 15.9. The molecule has 1 amide bonds. The lowest BCUT2D eigenvalue weighted by atomic mass is 9.98. The van der Waals surface area contributed by atoms with Crippen LogP contribution in [0.1, 0.15) is 48.2 Å². The average molecular weight is 384 g/mol. The topological polar surface area (TPSA) is 106 Å². The van der Waals surface area contributed by atoms with Gasteiger partial charge in [0.1, 0.15) is 5.82 Å². The molecule has 0 atom stereocenters. The molecule has 0 radical (unpaired) electrons. The molecular formula is C19H24N6O3. The van der Waals surface area contributed by atoms with Gasteiger partial charge in [0.2, 0.25) is 0 Å². The number of non-ortho nitro benzene ring substituents is 1. The highest BCUT2D eigenvalue weighted by molar-refractivity contribution is 6.00. The number of carbonyl (C=O) groups is 1. The monoisotopic (exact) mass is 384 g/mol. The number of hydrogen-bond acceptors (Lipinski definition) is 6. The summed E-state index contributed by atoms with van der Waals surface area (Å²) in [5.74, 6) is 2.00. The summed E-state index contributed by atoms with van der Waals surface area (Å²) in [5.41, 5.74) is 1.01. The number of rotatable bonds is 5. The number of carbonyl (C=O) groups excluding carboxylic acids is 1. The van der Waals surface area contributed by atoms with Crippen LogP contribution in [-0.2, 0) is 19.5 Å². The predicted molar refractivity (Wildman–Crippen MR) is 103 cm³/mol. The van der Waals surface area contributed by atoms with Crippen molar-refractivity contribution in [1.29, 1.82) is 0 Å². The number of amides is 1. The highest BCUT2D eigenvalue weighted by Crippen LogP contribution is 2.29. The van der Waals surface area contributed by atoms with Gasteiger partial charge in [-0.1, -0.05) is 6.92 Å². The second kappa shape index (κ2) is 7.57. The molecule has 28 heavy (non-hydrogen) atoms. The summed E-state index contributed by atoms with van der Waals surface area (Å²) in [4.78, 5) is 25.8. The van der Waals surface area contributed by atoms with Crippen molar-refractivity contribution in [3.8, 4) is 0 Å². The molecular weight excluding hydrogens is 360 g/mol. The van der Waals surface area contributed by atoms with Crippen molar-refractivity contribution in [2.45, 2.75) is 45.7 Å². The van der Waals surface area contributed by atoms with Gasteiger partial charge in [-0.15, -0.1) is 10.2 Å². The van der Waals surface area contributed by atoms with Crippen LogP contribution in [-0.4, -0.2) is 38.7 Å². The number of hydrogen-bond donors (Lipinski definition) is 1. The highest BCUT2D eigenvalue weighted by Gasteiger charge is 2.24. The van der Waals surface area contributed by atoms with Gasteiger partial charge in [-0.3, -0.25) is 14.9 Å². The van der Waals surface area contributed by atoms with Crippen molar-refractivity contribution in [2.24, 2.45) is 5.92 Å². The standard InChI is InChI=1S/C19H24N6O3/c1-13-6-9-23(10-7-13)16-5-4-14(25(27)28)11-15(16)19(26)20-12-18-22-21-17-3-2-8-24(17)18/h4-5,11,13H,2-3,6-10,12H2,1H3,(H,20,26). The first-order valence-electron chi connectivity index (χ1n) is 9.75. The van der Waals surface area contributed by atoms with Crippen LogP contribution in [0.5, 0.6) is 0 Å². The van der Waals surface area contributed by atoms with Gasteiger partial charge >= 0.3 is 0 Å². The zero-order valence-corrected chi connectivity index (χ0v) is 15.9. The maximum Gasteiger partial charge on any atom is 0.270 e. The first kappa shape index (κ1) is 18.4. The third kappa shape index (κ3) is 3.56. The van der Waals surface area contributed by atoms with Crippen LogP contribution in [0.4, 0.5) is 11.4 Å². The molecule has 2 aromatic rings. The third-order valence-corrected chi connectivity index (χ3v) is 5.65. The molecule has 0 spiro atoms. The molecule has 9 heteroatoms. The minimum absolute atomic E-state index is 0.0809. The molecule has 1 aromatic heterocycles. The Kier molecular flexibility index (Phi) is 4.97. The van der Waals surface area contributed by atoms with E-state index in [1.165, 1.54) is 12.1 Å². The lowest BCUT2D eigenvalue weighted by Crippen LogP contribution is -2.35. The Morgan fingerprint density at radius 2 is 2.07 bits per heavy atom. The van der Waals surface area contributed by atoms with Crippen LogP contribution in [0.25, 0.3) is 0 Å². The van der Waals surface area contributed by atoms with E-state index in [2.05, 4.69) is 27.3 Å². The SMILES string of the molecule is CC1CCN(c2ccc([N+](=O)[O-])cc2C(=O)NCc2nnc3n2CCC3)CC1. The highest BCUT2D eigenvalue weighted by atomic mass is 16.6. The molecule has 1 saturated heterocycles. The molecule has 2 aliphatic heterocycles. The van der Waals surface area contributed by atoms with Gasteiger partial charge in [-0.2, -0.15) is 0 Å². The molecule has 148 valence electrons. The van der Waals surface area contributed by atoms with E-state index in [0.29, 0.717) is 11.5 Å². The van der Waals surface area contributed by atoms with E-state index >= 15 is 0 Å². The van der Waals surface area contributed by atoms with Gasteiger partial charge in [-0.05, 0) is 31.2 Å². The number of aromatic nitrogens is 3. The van der Waals surface area contributed by atoms with E-state index in [4.69, 9.17) is 0 Å². The fraction of sp³-hybridized carbons (Fsp3) is 0.526. The van der Waals surface area contributed by atoms with Gasteiger partial charge in [0.15, 0.2) is 5.82 Å². The van der Waals surface area contributed by atoms with Gasteiger partial charge in [-0.25, -0.2) is 0 Å². The molecule has 3 heterocycles. The Bertz CT molecular complexity index is 901. The molecule has 1 aromatic carbocycles. The number of nitro groups is 1. The quantitative estimate of drug-likeness (QED) is 0.626. The molecule has 1 fully saturated rings. The van der Waals surface area contributed by atoms with E-state index in [9.17, 15) is 14.9 Å². The third-order valence-electron chi connectivity index (χ3n) is 5.65. The van der Waals surface area contributed by atoms with Gasteiger partial charge in [0.25, 0.3) is 11.6 Å². The van der Waals surface area contributed by atoms with Crippen molar-refractivity contribution in [3.05, 3.63) is 45.5 Å². The number of nitrogens with one attached hydrogen (secondary N) is 1. The minimum atomic E-state index is -0.468. The summed E-state index contributed by atoms with van der Waals surface area (Å²) < 4.78 is 2.03. The molecule has 0 saturated carbocycles. The largest absolute Gasteiger partial charge is 0.371 e. The second-order valence-electron chi connectivity index (χ2n) is 7.60. The summed E-state index contributed by atoms with van der Waals surface area (Å²) >= 11 is 0. The normalized spacial score (nSPS) is 16.8. The molecule has 1 N–H and O–H groups in total. The molecule has 2 aliphatic rings. The maximum atomic E-state index is 12.9. The molecule has 9 nitrogen and oxygen atoms in total. The number of anilines is 1. The predicted octanol–water partition coefficient (Wildman–Crippen LogP) is 2.30. The molecule has 0 aliphatic carbocycles. The van der Waals surface area contributed by atoms with Gasteiger partial charge < -0.3 is 14.8 Å². The number of nitro benzene ring substituents is 1. The summed E-state index contributed by atoms with van der Waals surface area (Å²) in [6, 6.07) is 4.53. The summed E-state index contributed by atoms with van der Waals surface area (Å²) in [6.45, 7) is 5.03. The average Bonchev–Trinajstić information content (AvgIpc) is 3.30. The number of nitrogens with zero attached hydrogens (tertiary/aromatic N) is 5. The Balaban J connectivity index is 1.55. The molecule has 0 unspecified atom stereocenters. The number of fused-ring (bicyclic) bond motifs is 1. The van der Waals surface area contributed by atoms with Gasteiger partial charge in [0, 0.05) is 38.2 Å². The van der Waals surface area contributed by atoms with E-state index < -0.39 is 4.92 Å². The molecule has 4 rings (SSSR count). The first-order valence-corrected chi connectivity index (χ1v) is 9.75. The first-order chi connectivity index (χ1) is 13.5. The maximum absolute atomic E-state index is 12.9. The van der Waals surface area contributed by atoms with Crippen LogP contribution in [0.2, 0.25) is 0 Å². The molecule has 0 bridgehead atoms. The van der Waals surface area contributed by atoms with Crippen molar-refractivity contribution >= 4 is 17.3 Å². The van der Waals surface area contributed by atoms with E-state index in [1.807, 2.05) is 4.57 Å². The second-order valence-corrected chi connectivity index (χ2v) is 7.60. The number of piperidine rings is 1. The van der Waals surface area contributed by atoms with E-state index in [-0.39, 0.29) is 18.1 Å². The van der Waals surface area contributed by atoms with Crippen LogP contribution < -0.4 is 10.2 Å². The number of aryl methyl sites for hydroxylation is 1. The van der Waals surface area contributed by atoms with E-state index in [0.717, 1.165) is 62.7 Å². The Labute approximate surface area is 162 Å². The van der Waals surface area contributed by atoms with Crippen LogP contribution in [0, 0.1) is 16.0 Å².